The molecule has 0 atom stereocenters. The summed E-state index contributed by atoms with van der Waals surface area (Å²) in [4.78, 5) is 19.1. The average molecular weight is 464 g/mol. The van der Waals surface area contributed by atoms with Crippen LogP contribution in [-0.4, -0.2) is 70.6 Å². The summed E-state index contributed by atoms with van der Waals surface area (Å²) >= 11 is 1.33. The summed E-state index contributed by atoms with van der Waals surface area (Å²) in [6.07, 6.45) is 6.04. The lowest BCUT2D eigenvalue weighted by molar-refractivity contribution is -0.129. The SMILES string of the molecule is Cc1ccc(S(=O)(=O)N2CCN(C(=O)CSc3n[nH]c(CC4CCCC4)n3)CC2)cc1. The second kappa shape index (κ2) is 9.70. The van der Waals surface area contributed by atoms with Crippen LogP contribution in [0.2, 0.25) is 0 Å². The van der Waals surface area contributed by atoms with Crippen molar-refractivity contribution in [3.05, 3.63) is 35.7 Å². The maximum absolute atomic E-state index is 12.8. The number of rotatable bonds is 7. The topological polar surface area (TPSA) is 99.3 Å². The van der Waals surface area contributed by atoms with Crippen molar-refractivity contribution in [2.45, 2.75) is 49.1 Å². The fraction of sp³-hybridized carbons (Fsp3) is 0.571. The number of sulfonamides is 1. The minimum absolute atomic E-state index is 0.0143. The highest BCUT2D eigenvalue weighted by Gasteiger charge is 2.30. The normalized spacial score (nSPS) is 18.5. The second-order valence-electron chi connectivity index (χ2n) is 8.31. The molecule has 1 aliphatic carbocycles. The van der Waals surface area contributed by atoms with Crippen molar-refractivity contribution in [1.82, 2.24) is 24.4 Å². The van der Waals surface area contributed by atoms with Gasteiger partial charge in [0.1, 0.15) is 5.82 Å². The Morgan fingerprint density at radius 2 is 1.81 bits per heavy atom. The molecule has 0 unspecified atom stereocenters. The van der Waals surface area contributed by atoms with Gasteiger partial charge < -0.3 is 4.90 Å². The Hall–Kier alpha value is -1.91. The summed E-state index contributed by atoms with van der Waals surface area (Å²) < 4.78 is 27.1. The Labute approximate surface area is 187 Å². The third kappa shape index (κ3) is 5.48. The molecule has 1 aromatic carbocycles. The first kappa shape index (κ1) is 22.3. The molecule has 2 aliphatic rings. The van der Waals surface area contributed by atoms with E-state index in [0.717, 1.165) is 17.8 Å². The Kier molecular flexibility index (Phi) is 6.98. The molecule has 2 heterocycles. The van der Waals surface area contributed by atoms with E-state index in [9.17, 15) is 13.2 Å². The zero-order valence-corrected chi connectivity index (χ0v) is 19.4. The van der Waals surface area contributed by atoms with Gasteiger partial charge in [0.2, 0.25) is 21.1 Å². The van der Waals surface area contributed by atoms with E-state index in [1.807, 2.05) is 6.92 Å². The predicted molar refractivity (Wildman–Crippen MR) is 119 cm³/mol. The molecule has 2 aromatic rings. The number of thioether (sulfide) groups is 1. The Balaban J connectivity index is 1.25. The molecule has 31 heavy (non-hydrogen) atoms. The molecule has 1 saturated heterocycles. The number of carbonyl (C=O) groups excluding carboxylic acids is 1. The number of nitrogens with one attached hydrogen (secondary N) is 1. The van der Waals surface area contributed by atoms with Crippen LogP contribution in [0.3, 0.4) is 0 Å². The standard InChI is InChI=1S/C21H29N5O3S2/c1-16-6-8-18(9-7-16)31(28,29)26-12-10-25(11-13-26)20(27)15-30-21-22-19(23-24-21)14-17-4-2-3-5-17/h6-9,17H,2-5,10-15H2,1H3,(H,22,23,24). The summed E-state index contributed by atoms with van der Waals surface area (Å²) in [5.74, 6) is 1.84. The first-order valence-electron chi connectivity index (χ1n) is 10.8. The van der Waals surface area contributed by atoms with Crippen LogP contribution >= 0.6 is 11.8 Å². The number of H-pyrrole nitrogens is 1. The number of hydrogen-bond donors (Lipinski definition) is 1. The molecule has 1 aliphatic heterocycles. The van der Waals surface area contributed by atoms with Gasteiger partial charge in [-0.15, -0.1) is 5.10 Å². The van der Waals surface area contributed by atoms with E-state index < -0.39 is 10.0 Å². The number of hydrogen-bond acceptors (Lipinski definition) is 6. The van der Waals surface area contributed by atoms with Crippen molar-refractivity contribution in [1.29, 1.82) is 0 Å². The van der Waals surface area contributed by atoms with E-state index in [1.165, 1.54) is 41.8 Å². The molecule has 1 N–H and O–H groups in total. The number of aryl methyl sites for hydroxylation is 1. The third-order valence-corrected chi connectivity index (χ3v) is 8.79. The maximum Gasteiger partial charge on any atom is 0.243 e. The molecule has 2 fully saturated rings. The molecular formula is C21H29N5O3S2. The molecule has 1 saturated carbocycles. The van der Waals surface area contributed by atoms with E-state index in [-0.39, 0.29) is 11.7 Å². The van der Waals surface area contributed by atoms with Crippen LogP contribution in [0.5, 0.6) is 0 Å². The number of piperazine rings is 1. The van der Waals surface area contributed by atoms with Gasteiger partial charge in [-0.3, -0.25) is 9.89 Å². The van der Waals surface area contributed by atoms with Gasteiger partial charge in [0.25, 0.3) is 0 Å². The largest absolute Gasteiger partial charge is 0.339 e. The number of aromatic amines is 1. The van der Waals surface area contributed by atoms with Crippen LogP contribution in [0.25, 0.3) is 0 Å². The van der Waals surface area contributed by atoms with Crippen molar-refractivity contribution in [3.63, 3.8) is 0 Å². The number of benzene rings is 1. The highest BCUT2D eigenvalue weighted by molar-refractivity contribution is 7.99. The van der Waals surface area contributed by atoms with Crippen LogP contribution in [0, 0.1) is 12.8 Å². The van der Waals surface area contributed by atoms with Gasteiger partial charge in [0, 0.05) is 32.6 Å². The molecular weight excluding hydrogens is 434 g/mol. The van der Waals surface area contributed by atoms with Crippen molar-refractivity contribution < 1.29 is 13.2 Å². The number of nitrogens with zero attached hydrogens (tertiary/aromatic N) is 4. The van der Waals surface area contributed by atoms with Gasteiger partial charge in [-0.2, -0.15) is 4.31 Å². The van der Waals surface area contributed by atoms with Crippen molar-refractivity contribution in [3.8, 4) is 0 Å². The zero-order chi connectivity index (χ0) is 21.8. The van der Waals surface area contributed by atoms with Gasteiger partial charge in [-0.25, -0.2) is 13.4 Å². The minimum Gasteiger partial charge on any atom is -0.339 e. The molecule has 8 nitrogen and oxygen atoms in total. The van der Waals surface area contributed by atoms with Crippen LogP contribution in [0.4, 0.5) is 0 Å². The smallest absolute Gasteiger partial charge is 0.243 e. The molecule has 1 aromatic heterocycles. The van der Waals surface area contributed by atoms with Crippen molar-refractivity contribution in [2.75, 3.05) is 31.9 Å². The quantitative estimate of drug-likeness (QED) is 0.634. The second-order valence-corrected chi connectivity index (χ2v) is 11.2. The summed E-state index contributed by atoms with van der Waals surface area (Å²) in [5, 5.41) is 7.82. The van der Waals surface area contributed by atoms with Gasteiger partial charge in [0.05, 0.1) is 10.6 Å². The monoisotopic (exact) mass is 463 g/mol. The van der Waals surface area contributed by atoms with Crippen LogP contribution in [0.15, 0.2) is 34.3 Å². The molecule has 4 rings (SSSR count). The highest BCUT2D eigenvalue weighted by atomic mass is 32.2. The predicted octanol–water partition coefficient (Wildman–Crippen LogP) is 2.47. The fourth-order valence-electron chi connectivity index (χ4n) is 4.18. The van der Waals surface area contributed by atoms with E-state index in [2.05, 4.69) is 15.2 Å². The average Bonchev–Trinajstić information content (AvgIpc) is 3.45. The van der Waals surface area contributed by atoms with E-state index in [1.54, 1.807) is 29.2 Å². The number of amides is 1. The Morgan fingerprint density at radius 1 is 1.13 bits per heavy atom. The molecule has 1 amide bonds. The summed E-state index contributed by atoms with van der Waals surface area (Å²) in [6, 6.07) is 6.87. The van der Waals surface area contributed by atoms with Gasteiger partial charge in [0.15, 0.2) is 0 Å². The lowest BCUT2D eigenvalue weighted by atomic mass is 10.0. The highest BCUT2D eigenvalue weighted by Crippen LogP contribution is 2.27. The maximum atomic E-state index is 12.8. The first-order chi connectivity index (χ1) is 14.9. The van der Waals surface area contributed by atoms with Crippen LogP contribution < -0.4 is 0 Å². The lowest BCUT2D eigenvalue weighted by Crippen LogP contribution is -2.50. The third-order valence-electron chi connectivity index (χ3n) is 6.04. The van der Waals surface area contributed by atoms with Crippen LogP contribution in [0.1, 0.15) is 37.1 Å². The lowest BCUT2D eigenvalue weighted by Gasteiger charge is -2.34. The van der Waals surface area contributed by atoms with Crippen molar-refractivity contribution in [2.24, 2.45) is 5.92 Å². The van der Waals surface area contributed by atoms with E-state index >= 15 is 0 Å². The van der Waals surface area contributed by atoms with Gasteiger partial charge in [-0.1, -0.05) is 55.1 Å². The molecule has 0 radical (unpaired) electrons. The number of carbonyl (C=O) groups is 1. The molecule has 0 spiro atoms. The minimum atomic E-state index is -3.52. The molecule has 0 bridgehead atoms. The first-order valence-corrected chi connectivity index (χ1v) is 13.2. The molecule has 168 valence electrons. The zero-order valence-electron chi connectivity index (χ0n) is 17.8. The van der Waals surface area contributed by atoms with Crippen LogP contribution in [-0.2, 0) is 21.2 Å². The molecule has 10 heteroatoms. The summed E-state index contributed by atoms with van der Waals surface area (Å²) in [5.41, 5.74) is 1.02. The fourth-order valence-corrected chi connectivity index (χ4v) is 6.32. The number of aromatic nitrogens is 3. The van der Waals surface area contributed by atoms with Gasteiger partial charge >= 0.3 is 0 Å². The Morgan fingerprint density at radius 3 is 2.48 bits per heavy atom. The van der Waals surface area contributed by atoms with Gasteiger partial charge in [-0.05, 0) is 25.0 Å². The van der Waals surface area contributed by atoms with Crippen molar-refractivity contribution >= 4 is 27.7 Å². The Bertz CT molecular complexity index is 992. The van der Waals surface area contributed by atoms with E-state index in [4.69, 9.17) is 0 Å². The van der Waals surface area contributed by atoms with E-state index in [0.29, 0.717) is 42.1 Å². The summed E-state index contributed by atoms with van der Waals surface area (Å²) in [6.45, 7) is 3.32. The summed E-state index contributed by atoms with van der Waals surface area (Å²) in [7, 11) is -3.52.